The van der Waals surface area contributed by atoms with Crippen LogP contribution in [0, 0.1) is 0 Å². The molecule has 0 unspecified atom stereocenters. The fourth-order valence-corrected chi connectivity index (χ4v) is 2.28. The largest absolute Gasteiger partial charge is 0.465 e. The first kappa shape index (κ1) is 14.6. The molecule has 0 radical (unpaired) electrons. The van der Waals surface area contributed by atoms with Gasteiger partial charge in [-0.3, -0.25) is 9.11 Å². The fraction of sp³-hybridized carbons (Fsp3) is 0.125. The topological polar surface area (TPSA) is 135 Å². The molecule has 1 aromatic rings. The van der Waals surface area contributed by atoms with Gasteiger partial charge in [0.2, 0.25) is 0 Å². The summed E-state index contributed by atoms with van der Waals surface area (Å²) in [4.78, 5) is 9.50. The predicted octanol–water partition coefficient (Wildman–Crippen LogP) is -0.0334. The summed E-state index contributed by atoms with van der Waals surface area (Å²) in [5.41, 5.74) is -0.444. The molecule has 0 aliphatic carbocycles. The predicted molar refractivity (Wildman–Crippen MR) is 57.4 cm³/mol. The minimum atomic E-state index is -4.73. The lowest BCUT2D eigenvalue weighted by molar-refractivity contribution is 0.0600. The van der Waals surface area contributed by atoms with Crippen LogP contribution in [0.1, 0.15) is 10.4 Å². The average molecular weight is 296 g/mol. The van der Waals surface area contributed by atoms with Crippen molar-refractivity contribution in [1.82, 2.24) is 0 Å². The van der Waals surface area contributed by atoms with Crippen molar-refractivity contribution < 1.29 is 35.5 Å². The van der Waals surface area contributed by atoms with Gasteiger partial charge in [-0.2, -0.15) is 16.8 Å². The molecule has 0 aromatic heterocycles. The smallest absolute Gasteiger partial charge is 0.337 e. The van der Waals surface area contributed by atoms with E-state index in [1.165, 1.54) is 0 Å². The van der Waals surface area contributed by atoms with Gasteiger partial charge >= 0.3 is 5.97 Å². The van der Waals surface area contributed by atoms with Gasteiger partial charge in [0.25, 0.3) is 20.2 Å². The van der Waals surface area contributed by atoms with Crippen molar-refractivity contribution in [1.29, 1.82) is 0 Å². The molecule has 100 valence electrons. The van der Waals surface area contributed by atoms with Crippen molar-refractivity contribution in [2.45, 2.75) is 9.79 Å². The van der Waals surface area contributed by atoms with Gasteiger partial charge in [0.15, 0.2) is 0 Å². The van der Waals surface area contributed by atoms with Crippen LogP contribution in [0.15, 0.2) is 28.0 Å². The van der Waals surface area contributed by atoms with Gasteiger partial charge in [0.05, 0.1) is 22.5 Å². The van der Waals surface area contributed by atoms with E-state index in [0.717, 1.165) is 19.2 Å². The second-order valence-electron chi connectivity index (χ2n) is 3.13. The Labute approximate surface area is 103 Å². The van der Waals surface area contributed by atoms with E-state index in [1.807, 2.05) is 0 Å². The monoisotopic (exact) mass is 296 g/mol. The summed E-state index contributed by atoms with van der Waals surface area (Å²) in [6, 6.07) is 1.95. The Hall–Kier alpha value is -1.49. The second kappa shape index (κ2) is 4.65. The van der Waals surface area contributed by atoms with E-state index in [4.69, 9.17) is 9.11 Å². The lowest BCUT2D eigenvalue weighted by Gasteiger charge is -2.05. The highest BCUT2D eigenvalue weighted by molar-refractivity contribution is 7.86. The minimum Gasteiger partial charge on any atom is -0.465 e. The molecule has 0 fully saturated rings. The molecule has 2 N–H and O–H groups in total. The van der Waals surface area contributed by atoms with E-state index in [9.17, 15) is 21.6 Å². The number of ether oxygens (including phenoxy) is 1. The third-order valence-electron chi connectivity index (χ3n) is 1.90. The molecule has 18 heavy (non-hydrogen) atoms. The second-order valence-corrected chi connectivity index (χ2v) is 5.98. The molecule has 0 amide bonds. The van der Waals surface area contributed by atoms with Crippen LogP contribution in [0.5, 0.6) is 0 Å². The van der Waals surface area contributed by atoms with E-state index in [1.54, 1.807) is 0 Å². The molecular weight excluding hydrogens is 288 g/mol. The summed E-state index contributed by atoms with van der Waals surface area (Å²) < 4.78 is 65.5. The summed E-state index contributed by atoms with van der Waals surface area (Å²) in [6.45, 7) is 0. The van der Waals surface area contributed by atoms with Crippen LogP contribution in [0.2, 0.25) is 0 Å². The summed E-state index contributed by atoms with van der Waals surface area (Å²) in [5, 5.41) is 0. The van der Waals surface area contributed by atoms with Gasteiger partial charge in [-0.1, -0.05) is 0 Å². The van der Waals surface area contributed by atoms with Gasteiger partial charge in [0.1, 0.15) is 0 Å². The number of carbonyl (C=O) groups is 1. The summed E-state index contributed by atoms with van der Waals surface area (Å²) in [5.74, 6) is -1.02. The van der Waals surface area contributed by atoms with Gasteiger partial charge in [-0.25, -0.2) is 4.79 Å². The zero-order chi connectivity index (χ0) is 14.1. The van der Waals surface area contributed by atoms with E-state index in [2.05, 4.69) is 4.74 Å². The van der Waals surface area contributed by atoms with Crippen LogP contribution < -0.4 is 0 Å². The third-order valence-corrected chi connectivity index (χ3v) is 3.56. The maximum Gasteiger partial charge on any atom is 0.337 e. The molecular formula is C8H8O8S2. The molecule has 8 nitrogen and oxygen atoms in total. The zero-order valence-corrected chi connectivity index (χ0v) is 10.5. The van der Waals surface area contributed by atoms with Crippen LogP contribution in [-0.2, 0) is 25.0 Å². The molecule has 0 atom stereocenters. The lowest BCUT2D eigenvalue weighted by atomic mass is 10.2. The SMILES string of the molecule is COC(=O)c1cc(S(=O)(=O)O)cc(S(=O)(=O)O)c1. The highest BCUT2D eigenvalue weighted by atomic mass is 32.2. The Morgan fingerprint density at radius 1 is 1.00 bits per heavy atom. The number of rotatable bonds is 3. The van der Waals surface area contributed by atoms with Crippen molar-refractivity contribution in [3.63, 3.8) is 0 Å². The van der Waals surface area contributed by atoms with Gasteiger partial charge < -0.3 is 4.74 Å². The Morgan fingerprint density at radius 2 is 1.39 bits per heavy atom. The molecule has 0 spiro atoms. The lowest BCUT2D eigenvalue weighted by Crippen LogP contribution is -2.08. The highest BCUT2D eigenvalue weighted by Gasteiger charge is 2.20. The molecule has 0 bridgehead atoms. The number of benzene rings is 1. The highest BCUT2D eigenvalue weighted by Crippen LogP contribution is 2.19. The first-order valence-electron chi connectivity index (χ1n) is 4.24. The minimum absolute atomic E-state index is 0.444. The molecule has 0 aliphatic rings. The van der Waals surface area contributed by atoms with Crippen LogP contribution in [0.3, 0.4) is 0 Å². The third kappa shape index (κ3) is 3.26. The van der Waals surface area contributed by atoms with Crippen LogP contribution in [-0.4, -0.2) is 39.0 Å². The maximum absolute atomic E-state index is 11.2. The van der Waals surface area contributed by atoms with E-state index in [-0.39, 0.29) is 0 Å². The van der Waals surface area contributed by atoms with Crippen molar-refractivity contribution in [2.24, 2.45) is 0 Å². The Morgan fingerprint density at radius 3 is 1.67 bits per heavy atom. The standard InChI is InChI=1S/C8H8O8S2/c1-16-8(9)5-2-6(17(10,11)12)4-7(3-5)18(13,14)15/h2-4H,1H3,(H,10,11,12)(H,13,14,15). The summed E-state index contributed by atoms with van der Waals surface area (Å²) >= 11 is 0. The molecule has 0 saturated carbocycles. The van der Waals surface area contributed by atoms with Crippen molar-refractivity contribution in [3.05, 3.63) is 23.8 Å². The Balaban J connectivity index is 3.64. The molecule has 0 heterocycles. The first-order valence-corrected chi connectivity index (χ1v) is 7.12. The van der Waals surface area contributed by atoms with Gasteiger partial charge in [-0.15, -0.1) is 0 Å². The number of hydrogen-bond acceptors (Lipinski definition) is 6. The van der Waals surface area contributed by atoms with Crippen LogP contribution >= 0.6 is 0 Å². The Kier molecular flexibility index (Phi) is 3.76. The maximum atomic E-state index is 11.2. The molecule has 10 heteroatoms. The normalized spacial score (nSPS) is 12.2. The van der Waals surface area contributed by atoms with E-state index >= 15 is 0 Å². The quantitative estimate of drug-likeness (QED) is 0.586. The van der Waals surface area contributed by atoms with Crippen LogP contribution in [0.25, 0.3) is 0 Å². The fourth-order valence-electron chi connectivity index (χ4n) is 1.11. The van der Waals surface area contributed by atoms with E-state index in [0.29, 0.717) is 6.07 Å². The Bertz CT molecular complexity index is 636. The van der Waals surface area contributed by atoms with Crippen molar-refractivity contribution in [3.8, 4) is 0 Å². The van der Waals surface area contributed by atoms with Gasteiger partial charge in [-0.05, 0) is 18.2 Å². The summed E-state index contributed by atoms with van der Waals surface area (Å²) in [6.07, 6.45) is 0. The van der Waals surface area contributed by atoms with Gasteiger partial charge in [0, 0.05) is 0 Å². The molecule has 0 saturated heterocycles. The number of carbonyl (C=O) groups excluding carboxylic acids is 1. The van der Waals surface area contributed by atoms with Crippen molar-refractivity contribution >= 4 is 26.2 Å². The first-order chi connectivity index (χ1) is 8.05. The number of methoxy groups -OCH3 is 1. The molecule has 1 rings (SSSR count). The van der Waals surface area contributed by atoms with Crippen molar-refractivity contribution in [2.75, 3.05) is 7.11 Å². The molecule has 1 aromatic carbocycles. The summed E-state index contributed by atoms with van der Waals surface area (Å²) in [7, 11) is -8.47. The molecule has 0 aliphatic heterocycles. The zero-order valence-electron chi connectivity index (χ0n) is 8.89. The number of hydrogen-bond donors (Lipinski definition) is 2. The van der Waals surface area contributed by atoms with Crippen LogP contribution in [0.4, 0.5) is 0 Å². The average Bonchev–Trinajstić information content (AvgIpc) is 2.25. The number of esters is 1. The van der Waals surface area contributed by atoms with E-state index < -0.39 is 41.6 Å².